The third-order valence-corrected chi connectivity index (χ3v) is 9.85. The van der Waals surface area contributed by atoms with Crippen LogP contribution in [-0.2, 0) is 28.8 Å². The van der Waals surface area contributed by atoms with E-state index < -0.39 is 52.0 Å². The van der Waals surface area contributed by atoms with E-state index >= 15 is 0 Å². The number of hydrazine groups is 1. The quantitative estimate of drug-likeness (QED) is 0.126. The zero-order valence-corrected chi connectivity index (χ0v) is 34.4. The van der Waals surface area contributed by atoms with Crippen molar-refractivity contribution < 1.29 is 33.5 Å². The molecule has 2 aromatic rings. The highest BCUT2D eigenvalue weighted by molar-refractivity contribution is 7.17. The lowest BCUT2D eigenvalue weighted by Crippen LogP contribution is -2.61. The van der Waals surface area contributed by atoms with Gasteiger partial charge in [-0.15, -0.1) is 0 Å². The molecule has 288 valence electrons. The van der Waals surface area contributed by atoms with Gasteiger partial charge in [0.2, 0.25) is 11.8 Å². The Morgan fingerprint density at radius 2 is 1.49 bits per heavy atom. The van der Waals surface area contributed by atoms with E-state index in [0.717, 1.165) is 61.3 Å². The fourth-order valence-corrected chi connectivity index (χ4v) is 7.14. The van der Waals surface area contributed by atoms with Crippen LogP contribution in [0.3, 0.4) is 0 Å². The molecule has 12 nitrogen and oxygen atoms in total. The number of unbranched alkanes of at least 4 members (excludes halogenated alkanes) is 2. The topological polar surface area (TPSA) is 138 Å². The Morgan fingerprint density at radius 3 is 1.96 bits per heavy atom. The van der Waals surface area contributed by atoms with E-state index in [1.165, 1.54) is 25.2 Å². The summed E-state index contributed by atoms with van der Waals surface area (Å²) in [5.74, 6) is -4.92. The van der Waals surface area contributed by atoms with Crippen molar-refractivity contribution in [3.05, 3.63) is 45.4 Å². The summed E-state index contributed by atoms with van der Waals surface area (Å²) in [6.45, 7) is 21.0. The van der Waals surface area contributed by atoms with Crippen molar-refractivity contribution in [2.24, 2.45) is 5.41 Å². The number of amides is 6. The minimum absolute atomic E-state index is 0.00469. The third kappa shape index (κ3) is 9.12. The van der Waals surface area contributed by atoms with Crippen molar-refractivity contribution in [3.8, 4) is 17.0 Å². The molecule has 0 spiro atoms. The molecule has 0 radical (unpaired) electrons. The first-order valence-corrected chi connectivity index (χ1v) is 18.9. The number of benzene rings is 1. The highest BCUT2D eigenvalue weighted by Crippen LogP contribution is 2.42. The number of rotatable bonds is 12. The molecule has 6 amide bonds. The number of imide groups is 3. The van der Waals surface area contributed by atoms with Crippen LogP contribution in [0.1, 0.15) is 112 Å². The molecule has 1 aliphatic rings. The van der Waals surface area contributed by atoms with Crippen molar-refractivity contribution in [1.29, 1.82) is 0 Å². The maximum atomic E-state index is 14.7. The molecule has 0 saturated heterocycles. The predicted molar refractivity (Wildman–Crippen MR) is 208 cm³/mol. The maximum Gasteiger partial charge on any atom is 0.286 e. The molecule has 2 heterocycles. The summed E-state index contributed by atoms with van der Waals surface area (Å²) < 4.78 is 5.78. The summed E-state index contributed by atoms with van der Waals surface area (Å²) in [5.41, 5.74) is -0.799. The first kappa shape index (κ1) is 42.8. The number of thiazole rings is 1. The van der Waals surface area contributed by atoms with E-state index in [9.17, 15) is 28.8 Å². The molecule has 0 atom stereocenters. The van der Waals surface area contributed by atoms with Crippen molar-refractivity contribution in [2.75, 3.05) is 25.1 Å². The number of nitrogens with zero attached hydrogens (tertiary/aromatic N) is 5. The number of carbonyl (C=O) groups is 6. The van der Waals surface area contributed by atoms with Gasteiger partial charge in [-0.05, 0) is 70.7 Å². The van der Waals surface area contributed by atoms with Crippen LogP contribution in [-0.4, -0.2) is 81.1 Å². The molecule has 0 fully saturated rings. The Kier molecular flexibility index (Phi) is 13.7. The van der Waals surface area contributed by atoms with Crippen LogP contribution >= 0.6 is 11.3 Å². The summed E-state index contributed by atoms with van der Waals surface area (Å²) in [6, 6.07) is 5.62. The lowest BCUT2D eigenvalue weighted by molar-refractivity contribution is -0.180. The van der Waals surface area contributed by atoms with Gasteiger partial charge in [0, 0.05) is 49.0 Å². The molecule has 1 aromatic heterocycles. The summed E-state index contributed by atoms with van der Waals surface area (Å²) in [7, 11) is 1.57. The number of hydrogen-bond donors (Lipinski definition) is 0. The van der Waals surface area contributed by atoms with E-state index in [1.807, 2.05) is 25.1 Å². The van der Waals surface area contributed by atoms with Gasteiger partial charge in [0.1, 0.15) is 11.3 Å². The zero-order valence-electron chi connectivity index (χ0n) is 33.6. The van der Waals surface area contributed by atoms with Crippen molar-refractivity contribution >= 4 is 58.0 Å². The minimum atomic E-state index is -1.20. The Balaban J connectivity index is 2.52. The normalized spacial score (nSPS) is 14.5. The van der Waals surface area contributed by atoms with Crippen LogP contribution in [0.2, 0.25) is 0 Å². The van der Waals surface area contributed by atoms with Crippen molar-refractivity contribution in [2.45, 2.75) is 114 Å². The zero-order chi connectivity index (χ0) is 40.2. The van der Waals surface area contributed by atoms with Crippen molar-refractivity contribution in [3.63, 3.8) is 0 Å². The fraction of sp³-hybridized carbons (Fsp3) is 0.525. The van der Waals surface area contributed by atoms with E-state index in [1.54, 1.807) is 54.7 Å². The van der Waals surface area contributed by atoms with Gasteiger partial charge in [-0.2, -0.15) is 10.0 Å². The van der Waals surface area contributed by atoms with E-state index in [-0.39, 0.29) is 11.1 Å². The second kappa shape index (κ2) is 17.0. The molecule has 0 bridgehead atoms. The predicted octanol–water partition coefficient (Wildman–Crippen LogP) is 7.11. The number of aromatic nitrogens is 1. The first-order valence-electron chi connectivity index (χ1n) is 18.0. The smallest absolute Gasteiger partial charge is 0.286 e. The Bertz CT molecular complexity index is 1840. The van der Waals surface area contributed by atoms with Crippen LogP contribution in [0.4, 0.5) is 5.13 Å². The SMILES string of the molecule is CCCCN(CCCC)c1nc(-c2c(C)cccc2OC)c(/C=C2\C(=O)N(N(C(C)=O)C(=O)C(C)(C)C)C(=O)C(C(=O)N(C(C)=O)C(C)(C)C)=C2C)s1. The molecule has 1 aliphatic heterocycles. The molecule has 3 rings (SSSR count). The summed E-state index contributed by atoms with van der Waals surface area (Å²) in [5, 5.41) is 1.65. The summed E-state index contributed by atoms with van der Waals surface area (Å²) >= 11 is 1.35. The molecule has 0 N–H and O–H groups in total. The Hall–Kier alpha value is -4.65. The van der Waals surface area contributed by atoms with Crippen LogP contribution in [0.15, 0.2) is 34.9 Å². The molecule has 13 heteroatoms. The second-order valence-electron chi connectivity index (χ2n) is 15.3. The molecule has 0 saturated carbocycles. The fourth-order valence-electron chi connectivity index (χ4n) is 6.07. The number of ether oxygens (including phenoxy) is 1. The minimum Gasteiger partial charge on any atom is -0.496 e. The number of methoxy groups -OCH3 is 1. The van der Waals surface area contributed by atoms with Crippen LogP contribution in [0.25, 0.3) is 17.3 Å². The average Bonchev–Trinajstić information content (AvgIpc) is 3.46. The number of hydrogen-bond acceptors (Lipinski definition) is 10. The van der Waals surface area contributed by atoms with Gasteiger partial charge in [-0.1, -0.05) is 70.9 Å². The van der Waals surface area contributed by atoms with Gasteiger partial charge in [0.05, 0.1) is 17.7 Å². The second-order valence-corrected chi connectivity index (χ2v) is 16.3. The van der Waals surface area contributed by atoms with Gasteiger partial charge in [-0.25, -0.2) is 4.98 Å². The van der Waals surface area contributed by atoms with Crippen LogP contribution < -0.4 is 9.64 Å². The van der Waals surface area contributed by atoms with E-state index in [0.29, 0.717) is 31.9 Å². The van der Waals surface area contributed by atoms with Crippen LogP contribution in [0.5, 0.6) is 5.75 Å². The Morgan fingerprint density at radius 1 is 0.906 bits per heavy atom. The van der Waals surface area contributed by atoms with E-state index in [2.05, 4.69) is 18.7 Å². The number of anilines is 1. The molecule has 0 unspecified atom stereocenters. The first-order chi connectivity index (χ1) is 24.6. The third-order valence-electron chi connectivity index (χ3n) is 8.79. The van der Waals surface area contributed by atoms with Gasteiger partial charge < -0.3 is 9.64 Å². The molecule has 1 aromatic carbocycles. The largest absolute Gasteiger partial charge is 0.496 e. The summed E-state index contributed by atoms with van der Waals surface area (Å²) in [6.07, 6.45) is 5.39. The molecular formula is C40H55N5O7S. The molecule has 0 aliphatic carbocycles. The van der Waals surface area contributed by atoms with Gasteiger partial charge in [0.15, 0.2) is 5.13 Å². The Labute approximate surface area is 317 Å². The van der Waals surface area contributed by atoms with Crippen LogP contribution in [0, 0.1) is 12.3 Å². The lowest BCUT2D eigenvalue weighted by atomic mass is 9.91. The van der Waals surface area contributed by atoms with Gasteiger partial charge in [-0.3, -0.25) is 33.7 Å². The highest BCUT2D eigenvalue weighted by atomic mass is 32.1. The van der Waals surface area contributed by atoms with Gasteiger partial charge in [0.25, 0.3) is 23.6 Å². The molecular weight excluding hydrogens is 695 g/mol. The van der Waals surface area contributed by atoms with E-state index in [4.69, 9.17) is 9.72 Å². The summed E-state index contributed by atoms with van der Waals surface area (Å²) in [4.78, 5) is 92.2. The van der Waals surface area contributed by atoms with Crippen molar-refractivity contribution in [1.82, 2.24) is 19.9 Å². The lowest BCUT2D eigenvalue weighted by Gasteiger charge is -2.39. The molecule has 53 heavy (non-hydrogen) atoms. The standard InChI is InChI=1S/C40H55N5O7S/c1-14-16-21-42(22-17-15-2)38-41-33(31-24(3)19-18-20-29(31)52-13)30(53-38)23-28-25(4)32(35(49)43(26(5)46)40(10,11)12)36(50)45(34(28)48)44(27(6)47)37(51)39(7,8)9/h18-20,23H,14-17,21-22H2,1-13H3/b28-23-. The number of aryl methyl sites for hydroxylation is 1. The average molecular weight is 750 g/mol. The monoisotopic (exact) mass is 749 g/mol. The number of carbonyl (C=O) groups excluding carboxylic acids is 6. The maximum absolute atomic E-state index is 14.7. The highest BCUT2D eigenvalue weighted by Gasteiger charge is 2.48. The van der Waals surface area contributed by atoms with Gasteiger partial charge >= 0.3 is 0 Å².